The maximum Gasteiger partial charge on any atom is 0.236 e. The summed E-state index contributed by atoms with van der Waals surface area (Å²) in [4.78, 5) is 21.7. The molecule has 0 spiro atoms. The number of aromatic nitrogens is 2. The standard InChI is InChI=1S/C16H20N4O/c1-20(11-6-14-2-7-17-8-3-14)16(21)13-19-12-15-4-9-18-10-5-15/h2-5,7-10,19H,6,11-13H2,1H3. The summed E-state index contributed by atoms with van der Waals surface area (Å²) in [6.07, 6.45) is 7.88. The van der Waals surface area contributed by atoms with E-state index in [0.717, 1.165) is 12.0 Å². The highest BCUT2D eigenvalue weighted by Crippen LogP contribution is 1.99. The third-order valence-electron chi connectivity index (χ3n) is 3.27. The van der Waals surface area contributed by atoms with E-state index < -0.39 is 0 Å². The summed E-state index contributed by atoms with van der Waals surface area (Å²) in [5.74, 6) is 0.0955. The van der Waals surface area contributed by atoms with Gasteiger partial charge in [-0.2, -0.15) is 0 Å². The highest BCUT2D eigenvalue weighted by Gasteiger charge is 2.08. The molecule has 0 unspecified atom stereocenters. The molecule has 0 radical (unpaired) electrons. The molecule has 0 fully saturated rings. The van der Waals surface area contributed by atoms with Crippen LogP contribution in [0.5, 0.6) is 0 Å². The zero-order valence-electron chi connectivity index (χ0n) is 12.2. The van der Waals surface area contributed by atoms with Crippen molar-refractivity contribution in [2.45, 2.75) is 13.0 Å². The van der Waals surface area contributed by atoms with Crippen LogP contribution in [0.15, 0.2) is 49.1 Å². The van der Waals surface area contributed by atoms with E-state index in [2.05, 4.69) is 15.3 Å². The molecule has 0 atom stereocenters. The number of carbonyl (C=O) groups is 1. The number of hydrogen-bond donors (Lipinski definition) is 1. The van der Waals surface area contributed by atoms with Crippen LogP contribution in [0.2, 0.25) is 0 Å². The van der Waals surface area contributed by atoms with Gasteiger partial charge in [0.1, 0.15) is 0 Å². The number of rotatable bonds is 7. The first-order chi connectivity index (χ1) is 10.3. The van der Waals surface area contributed by atoms with Gasteiger partial charge in [0.2, 0.25) is 5.91 Å². The molecule has 0 aromatic carbocycles. The monoisotopic (exact) mass is 284 g/mol. The summed E-state index contributed by atoms with van der Waals surface area (Å²) in [6, 6.07) is 7.81. The molecule has 1 amide bonds. The molecular weight excluding hydrogens is 264 g/mol. The van der Waals surface area contributed by atoms with Gasteiger partial charge in [0.25, 0.3) is 0 Å². The van der Waals surface area contributed by atoms with Crippen LogP contribution in [0, 0.1) is 0 Å². The molecule has 0 bridgehead atoms. The maximum absolute atomic E-state index is 12.0. The molecule has 0 aliphatic heterocycles. The van der Waals surface area contributed by atoms with Crippen LogP contribution in [-0.4, -0.2) is 40.9 Å². The van der Waals surface area contributed by atoms with Gasteiger partial charge in [0.15, 0.2) is 0 Å². The van der Waals surface area contributed by atoms with Crippen molar-refractivity contribution in [3.63, 3.8) is 0 Å². The van der Waals surface area contributed by atoms with E-state index in [0.29, 0.717) is 19.6 Å². The van der Waals surface area contributed by atoms with E-state index >= 15 is 0 Å². The van der Waals surface area contributed by atoms with Gasteiger partial charge < -0.3 is 10.2 Å². The third kappa shape index (κ3) is 5.31. The molecule has 0 aliphatic carbocycles. The molecule has 2 heterocycles. The zero-order chi connectivity index (χ0) is 14.9. The van der Waals surface area contributed by atoms with Crippen molar-refractivity contribution in [3.05, 3.63) is 60.2 Å². The minimum atomic E-state index is 0.0955. The fraction of sp³-hybridized carbons (Fsp3) is 0.312. The number of amides is 1. The topological polar surface area (TPSA) is 58.1 Å². The molecule has 0 saturated carbocycles. The Kier molecular flexibility index (Phi) is 5.84. The van der Waals surface area contributed by atoms with E-state index in [1.54, 1.807) is 29.7 Å². The fourth-order valence-electron chi connectivity index (χ4n) is 1.92. The number of nitrogens with zero attached hydrogens (tertiary/aromatic N) is 3. The first-order valence-electron chi connectivity index (χ1n) is 6.98. The summed E-state index contributed by atoms with van der Waals surface area (Å²) < 4.78 is 0. The van der Waals surface area contributed by atoms with Crippen LogP contribution in [-0.2, 0) is 17.8 Å². The van der Waals surface area contributed by atoms with Crippen molar-refractivity contribution in [1.82, 2.24) is 20.2 Å². The number of pyridine rings is 2. The second-order valence-electron chi connectivity index (χ2n) is 4.88. The molecule has 1 N–H and O–H groups in total. The van der Waals surface area contributed by atoms with Crippen LogP contribution in [0.25, 0.3) is 0 Å². The summed E-state index contributed by atoms with van der Waals surface area (Å²) in [5.41, 5.74) is 2.31. The largest absolute Gasteiger partial charge is 0.344 e. The van der Waals surface area contributed by atoms with Gasteiger partial charge in [-0.15, -0.1) is 0 Å². The Morgan fingerprint density at radius 3 is 2.24 bits per heavy atom. The quantitative estimate of drug-likeness (QED) is 0.832. The average molecular weight is 284 g/mol. The van der Waals surface area contributed by atoms with Gasteiger partial charge in [0.05, 0.1) is 6.54 Å². The van der Waals surface area contributed by atoms with E-state index in [4.69, 9.17) is 0 Å². The lowest BCUT2D eigenvalue weighted by Crippen LogP contribution is -2.36. The van der Waals surface area contributed by atoms with Crippen molar-refractivity contribution in [1.29, 1.82) is 0 Å². The third-order valence-corrected chi connectivity index (χ3v) is 3.27. The van der Waals surface area contributed by atoms with Gasteiger partial charge in [-0.05, 0) is 41.8 Å². The Morgan fingerprint density at radius 1 is 1.05 bits per heavy atom. The van der Waals surface area contributed by atoms with E-state index in [1.807, 2.05) is 31.3 Å². The highest BCUT2D eigenvalue weighted by molar-refractivity contribution is 5.77. The summed E-state index contributed by atoms with van der Waals surface area (Å²) in [6.45, 7) is 1.72. The lowest BCUT2D eigenvalue weighted by molar-refractivity contribution is -0.128. The van der Waals surface area contributed by atoms with Gasteiger partial charge in [-0.1, -0.05) is 0 Å². The summed E-state index contributed by atoms with van der Waals surface area (Å²) in [7, 11) is 1.83. The summed E-state index contributed by atoms with van der Waals surface area (Å²) >= 11 is 0. The number of likely N-dealkylation sites (N-methyl/N-ethyl adjacent to an activating group) is 1. The van der Waals surface area contributed by atoms with Crippen molar-refractivity contribution in [2.24, 2.45) is 0 Å². The SMILES string of the molecule is CN(CCc1ccncc1)C(=O)CNCc1ccncc1. The predicted octanol–water partition coefficient (Wildman–Crippen LogP) is 1.27. The Hall–Kier alpha value is -2.27. The van der Waals surface area contributed by atoms with Gasteiger partial charge >= 0.3 is 0 Å². The molecule has 2 rings (SSSR count). The Bertz CT molecular complexity index is 545. The molecule has 2 aromatic rings. The molecule has 5 nitrogen and oxygen atoms in total. The summed E-state index contributed by atoms with van der Waals surface area (Å²) in [5, 5.41) is 3.15. The van der Waals surface area contributed by atoms with Crippen LogP contribution in [0.4, 0.5) is 0 Å². The number of hydrogen-bond acceptors (Lipinski definition) is 4. The van der Waals surface area contributed by atoms with Crippen LogP contribution in [0.1, 0.15) is 11.1 Å². The van der Waals surface area contributed by atoms with E-state index in [9.17, 15) is 4.79 Å². The Labute approximate surface area is 125 Å². The molecule has 2 aromatic heterocycles. The van der Waals surface area contributed by atoms with Gasteiger partial charge in [0, 0.05) is 44.9 Å². The lowest BCUT2D eigenvalue weighted by atomic mass is 10.2. The van der Waals surface area contributed by atoms with E-state index in [-0.39, 0.29) is 5.91 Å². The second-order valence-corrected chi connectivity index (χ2v) is 4.88. The maximum atomic E-state index is 12.0. The van der Waals surface area contributed by atoms with Gasteiger partial charge in [-0.3, -0.25) is 14.8 Å². The fourth-order valence-corrected chi connectivity index (χ4v) is 1.92. The molecular formula is C16H20N4O. The van der Waals surface area contributed by atoms with Crippen molar-refractivity contribution in [3.8, 4) is 0 Å². The highest BCUT2D eigenvalue weighted by atomic mass is 16.2. The predicted molar refractivity (Wildman–Crippen MR) is 81.5 cm³/mol. The van der Waals surface area contributed by atoms with Crippen molar-refractivity contribution < 1.29 is 4.79 Å². The zero-order valence-corrected chi connectivity index (χ0v) is 12.2. The number of carbonyl (C=O) groups excluding carboxylic acids is 1. The molecule has 21 heavy (non-hydrogen) atoms. The van der Waals surface area contributed by atoms with Crippen molar-refractivity contribution in [2.75, 3.05) is 20.1 Å². The lowest BCUT2D eigenvalue weighted by Gasteiger charge is -2.17. The normalized spacial score (nSPS) is 10.3. The minimum Gasteiger partial charge on any atom is -0.344 e. The molecule has 0 saturated heterocycles. The second kappa shape index (κ2) is 8.11. The first-order valence-corrected chi connectivity index (χ1v) is 6.98. The Morgan fingerprint density at radius 2 is 1.62 bits per heavy atom. The van der Waals surface area contributed by atoms with E-state index in [1.165, 1.54) is 5.56 Å². The van der Waals surface area contributed by atoms with Crippen molar-refractivity contribution >= 4 is 5.91 Å². The number of nitrogens with one attached hydrogen (secondary N) is 1. The van der Waals surface area contributed by atoms with Crippen LogP contribution >= 0.6 is 0 Å². The first kappa shape index (κ1) is 15.1. The smallest absolute Gasteiger partial charge is 0.236 e. The Balaban J connectivity index is 1.68. The van der Waals surface area contributed by atoms with Crippen LogP contribution < -0.4 is 5.32 Å². The minimum absolute atomic E-state index is 0.0955. The molecule has 0 aliphatic rings. The average Bonchev–Trinajstić information content (AvgIpc) is 2.54. The molecule has 5 heteroatoms. The molecule has 110 valence electrons. The van der Waals surface area contributed by atoms with Gasteiger partial charge in [-0.25, -0.2) is 0 Å². The van der Waals surface area contributed by atoms with Crippen LogP contribution in [0.3, 0.4) is 0 Å².